The van der Waals surface area contributed by atoms with Gasteiger partial charge in [0.15, 0.2) is 6.29 Å². The minimum Gasteiger partial charge on any atom is -0.341 e. The van der Waals surface area contributed by atoms with Gasteiger partial charge in [0.2, 0.25) is 0 Å². The number of rotatable bonds is 3. The fourth-order valence-corrected chi connectivity index (χ4v) is 3.46. The molecule has 1 aromatic heterocycles. The van der Waals surface area contributed by atoms with Crippen molar-refractivity contribution in [2.75, 3.05) is 6.26 Å². The molecule has 1 aliphatic carbocycles. The van der Waals surface area contributed by atoms with Crippen molar-refractivity contribution < 1.29 is 4.79 Å². The first-order chi connectivity index (χ1) is 7.36. The fraction of sp³-hybridized carbons (Fsp3) is 0.583. The Hall–Kier alpha value is -0.700. The van der Waals surface area contributed by atoms with Crippen LogP contribution in [0.3, 0.4) is 0 Å². The highest BCUT2D eigenvalue weighted by Gasteiger charge is 2.26. The van der Waals surface area contributed by atoms with E-state index in [1.54, 1.807) is 0 Å². The van der Waals surface area contributed by atoms with Gasteiger partial charge in [-0.2, -0.15) is 11.8 Å². The summed E-state index contributed by atoms with van der Waals surface area (Å²) in [5, 5.41) is 0.671. The van der Waals surface area contributed by atoms with E-state index in [0.717, 1.165) is 12.0 Å². The zero-order valence-electron chi connectivity index (χ0n) is 9.06. The maximum absolute atomic E-state index is 10.9. The lowest BCUT2D eigenvalue weighted by Crippen LogP contribution is -2.25. The van der Waals surface area contributed by atoms with Gasteiger partial charge in [0.05, 0.1) is 5.69 Å². The fourth-order valence-electron chi connectivity index (χ4n) is 2.48. The van der Waals surface area contributed by atoms with Crippen LogP contribution in [-0.2, 0) is 0 Å². The SMILES string of the molecule is CSC1CCCCC1n1cccc1C=O. The molecule has 1 aliphatic rings. The Morgan fingerprint density at radius 1 is 1.47 bits per heavy atom. The summed E-state index contributed by atoms with van der Waals surface area (Å²) < 4.78 is 2.16. The van der Waals surface area contributed by atoms with Crippen LogP contribution in [0.25, 0.3) is 0 Å². The molecule has 0 aliphatic heterocycles. The van der Waals surface area contributed by atoms with Gasteiger partial charge in [-0.05, 0) is 31.2 Å². The van der Waals surface area contributed by atoms with Crippen molar-refractivity contribution in [3.63, 3.8) is 0 Å². The van der Waals surface area contributed by atoms with Crippen molar-refractivity contribution in [2.24, 2.45) is 0 Å². The molecule has 15 heavy (non-hydrogen) atoms. The van der Waals surface area contributed by atoms with E-state index in [9.17, 15) is 4.79 Å². The lowest BCUT2D eigenvalue weighted by atomic mass is 9.94. The third-order valence-corrected chi connectivity index (χ3v) is 4.42. The van der Waals surface area contributed by atoms with Gasteiger partial charge >= 0.3 is 0 Å². The highest BCUT2D eigenvalue weighted by Crippen LogP contribution is 2.36. The Balaban J connectivity index is 2.23. The number of nitrogens with zero attached hydrogens (tertiary/aromatic N) is 1. The van der Waals surface area contributed by atoms with Crippen LogP contribution in [0, 0.1) is 0 Å². The summed E-state index contributed by atoms with van der Waals surface area (Å²) in [7, 11) is 0. The maximum Gasteiger partial charge on any atom is 0.166 e. The molecule has 1 aromatic rings. The Labute approximate surface area is 95.0 Å². The molecule has 2 nitrogen and oxygen atoms in total. The van der Waals surface area contributed by atoms with Gasteiger partial charge < -0.3 is 4.57 Å². The van der Waals surface area contributed by atoms with Crippen LogP contribution in [0.5, 0.6) is 0 Å². The highest BCUT2D eigenvalue weighted by atomic mass is 32.2. The van der Waals surface area contributed by atoms with Gasteiger partial charge in [-0.25, -0.2) is 0 Å². The lowest BCUT2D eigenvalue weighted by Gasteiger charge is -2.32. The normalized spacial score (nSPS) is 26.5. The maximum atomic E-state index is 10.9. The van der Waals surface area contributed by atoms with Crippen LogP contribution < -0.4 is 0 Å². The van der Waals surface area contributed by atoms with E-state index < -0.39 is 0 Å². The van der Waals surface area contributed by atoms with Crippen molar-refractivity contribution in [1.29, 1.82) is 0 Å². The third-order valence-electron chi connectivity index (χ3n) is 3.26. The number of carbonyl (C=O) groups excluding carboxylic acids is 1. The molecule has 2 unspecified atom stereocenters. The molecule has 0 spiro atoms. The predicted octanol–water partition coefficient (Wildman–Crippen LogP) is 3.15. The molecule has 3 heteroatoms. The molecule has 0 aromatic carbocycles. The number of thioether (sulfide) groups is 1. The number of hydrogen-bond acceptors (Lipinski definition) is 2. The van der Waals surface area contributed by atoms with Crippen molar-refractivity contribution in [2.45, 2.75) is 37.0 Å². The summed E-state index contributed by atoms with van der Waals surface area (Å²) in [5.41, 5.74) is 0.820. The van der Waals surface area contributed by atoms with Gasteiger partial charge in [-0.1, -0.05) is 12.8 Å². The van der Waals surface area contributed by atoms with E-state index >= 15 is 0 Å². The van der Waals surface area contributed by atoms with E-state index in [4.69, 9.17) is 0 Å². The summed E-state index contributed by atoms with van der Waals surface area (Å²) >= 11 is 1.93. The first-order valence-electron chi connectivity index (χ1n) is 5.51. The van der Waals surface area contributed by atoms with Crippen LogP contribution in [0.4, 0.5) is 0 Å². The molecular weight excluding hydrogens is 206 g/mol. The Morgan fingerprint density at radius 2 is 2.27 bits per heavy atom. The average Bonchev–Trinajstić information content (AvgIpc) is 2.76. The van der Waals surface area contributed by atoms with Gasteiger partial charge in [-0.3, -0.25) is 4.79 Å². The molecule has 0 N–H and O–H groups in total. The van der Waals surface area contributed by atoms with Crippen LogP contribution in [0.2, 0.25) is 0 Å². The van der Waals surface area contributed by atoms with E-state index in [1.165, 1.54) is 25.7 Å². The van der Waals surface area contributed by atoms with Crippen LogP contribution >= 0.6 is 11.8 Å². The second-order valence-electron chi connectivity index (χ2n) is 4.08. The van der Waals surface area contributed by atoms with E-state index in [1.807, 2.05) is 30.1 Å². The minimum atomic E-state index is 0.518. The lowest BCUT2D eigenvalue weighted by molar-refractivity contribution is 0.111. The van der Waals surface area contributed by atoms with Crippen molar-refractivity contribution in [3.05, 3.63) is 24.0 Å². The summed E-state index contributed by atoms with van der Waals surface area (Å²) in [6.45, 7) is 0. The second-order valence-corrected chi connectivity index (χ2v) is 5.16. The Kier molecular flexibility index (Phi) is 3.52. The van der Waals surface area contributed by atoms with Crippen molar-refractivity contribution in [1.82, 2.24) is 4.57 Å². The smallest absolute Gasteiger partial charge is 0.166 e. The number of hydrogen-bond donors (Lipinski definition) is 0. The third kappa shape index (κ3) is 2.12. The molecule has 0 amide bonds. The van der Waals surface area contributed by atoms with Crippen LogP contribution in [0.1, 0.15) is 42.2 Å². The summed E-state index contributed by atoms with van der Waals surface area (Å²) in [6.07, 6.45) is 10.3. The summed E-state index contributed by atoms with van der Waals surface area (Å²) in [4.78, 5) is 10.9. The minimum absolute atomic E-state index is 0.518. The Bertz CT molecular complexity index is 334. The zero-order valence-corrected chi connectivity index (χ0v) is 9.87. The molecule has 2 atom stereocenters. The van der Waals surface area contributed by atoms with Crippen molar-refractivity contribution >= 4 is 18.0 Å². The van der Waals surface area contributed by atoms with E-state index in [2.05, 4.69) is 10.8 Å². The largest absolute Gasteiger partial charge is 0.341 e. The van der Waals surface area contributed by atoms with Gasteiger partial charge in [0, 0.05) is 17.5 Å². The van der Waals surface area contributed by atoms with Crippen molar-refractivity contribution in [3.8, 4) is 0 Å². The molecule has 82 valence electrons. The topological polar surface area (TPSA) is 22.0 Å². The monoisotopic (exact) mass is 223 g/mol. The molecule has 2 rings (SSSR count). The highest BCUT2D eigenvalue weighted by molar-refractivity contribution is 7.99. The molecule has 0 saturated heterocycles. The van der Waals surface area contributed by atoms with Gasteiger partial charge in [0.1, 0.15) is 0 Å². The van der Waals surface area contributed by atoms with Gasteiger partial charge in [-0.15, -0.1) is 0 Å². The first-order valence-corrected chi connectivity index (χ1v) is 6.80. The quantitative estimate of drug-likeness (QED) is 0.734. The summed E-state index contributed by atoms with van der Waals surface area (Å²) in [6, 6.07) is 4.39. The van der Waals surface area contributed by atoms with Crippen LogP contribution in [-0.4, -0.2) is 22.4 Å². The van der Waals surface area contributed by atoms with Crippen LogP contribution in [0.15, 0.2) is 18.3 Å². The molecule has 1 saturated carbocycles. The molecule has 0 radical (unpaired) electrons. The van der Waals surface area contributed by atoms with Gasteiger partial charge in [0.25, 0.3) is 0 Å². The number of carbonyl (C=O) groups is 1. The average molecular weight is 223 g/mol. The molecule has 1 fully saturated rings. The predicted molar refractivity (Wildman–Crippen MR) is 64.6 cm³/mol. The van der Waals surface area contributed by atoms with E-state index in [-0.39, 0.29) is 0 Å². The second kappa shape index (κ2) is 4.88. The summed E-state index contributed by atoms with van der Waals surface area (Å²) in [5.74, 6) is 0. The molecule has 0 bridgehead atoms. The number of aldehydes is 1. The molecule has 1 heterocycles. The Morgan fingerprint density at radius 3 is 3.00 bits per heavy atom. The standard InChI is InChI=1S/C12H17NOS/c1-15-12-7-3-2-6-11(12)13-8-4-5-10(13)9-14/h4-5,8-9,11-12H,2-3,6-7H2,1H3. The van der Waals surface area contributed by atoms with E-state index in [0.29, 0.717) is 11.3 Å². The number of aromatic nitrogens is 1. The molecular formula is C12H17NOS. The first kappa shape index (κ1) is 10.8. The zero-order chi connectivity index (χ0) is 10.7.